The molecule has 3 rings (SSSR count). The molecule has 0 bridgehead atoms. The first-order chi connectivity index (χ1) is 14.5. The molecule has 0 aliphatic carbocycles. The molecule has 31 heavy (non-hydrogen) atoms. The number of nitrogens with zero attached hydrogens (tertiary/aromatic N) is 1. The van der Waals surface area contributed by atoms with Gasteiger partial charge in [-0.1, -0.05) is 51.1 Å². The van der Waals surface area contributed by atoms with Gasteiger partial charge in [0.1, 0.15) is 11.5 Å². The van der Waals surface area contributed by atoms with Crippen LogP contribution in [0.4, 0.5) is 0 Å². The molecule has 0 radical (unpaired) electrons. The molecule has 2 heterocycles. The quantitative estimate of drug-likeness (QED) is 0.666. The zero-order valence-electron chi connectivity index (χ0n) is 20.1. The molecule has 0 saturated carbocycles. The van der Waals surface area contributed by atoms with Gasteiger partial charge in [0, 0.05) is 17.9 Å². The van der Waals surface area contributed by atoms with Crippen molar-refractivity contribution in [3.05, 3.63) is 35.9 Å². The second-order valence-electron chi connectivity index (χ2n) is 10.2. The number of hydrogen-bond donors (Lipinski definition) is 1. The standard InChI is InChI=1S/C25H39NO5/c1-8-23(6)15-25(29-16-22(5,17-30-25)21(27)28)19(4)24(7,9-2)26(23)31-18(3)20-13-11-10-12-14-20/h10-14,18-19H,8-9,15-17H2,1-7H3,(H,27,28). The van der Waals surface area contributed by atoms with Crippen LogP contribution >= 0.6 is 0 Å². The largest absolute Gasteiger partial charge is 0.481 e. The van der Waals surface area contributed by atoms with E-state index in [1.54, 1.807) is 6.92 Å². The number of aliphatic carboxylic acids is 1. The Morgan fingerprint density at radius 2 is 1.74 bits per heavy atom. The van der Waals surface area contributed by atoms with Crippen LogP contribution in [0.25, 0.3) is 0 Å². The van der Waals surface area contributed by atoms with Crippen molar-refractivity contribution in [2.75, 3.05) is 13.2 Å². The van der Waals surface area contributed by atoms with E-state index in [4.69, 9.17) is 14.3 Å². The molecule has 1 N–H and O–H groups in total. The van der Waals surface area contributed by atoms with Crippen molar-refractivity contribution >= 4 is 5.97 Å². The third kappa shape index (κ3) is 4.04. The van der Waals surface area contributed by atoms with Gasteiger partial charge in [0.15, 0.2) is 5.79 Å². The molecule has 1 aromatic carbocycles. The predicted molar refractivity (Wildman–Crippen MR) is 119 cm³/mol. The average Bonchev–Trinajstić information content (AvgIpc) is 2.77. The maximum atomic E-state index is 11.7. The summed E-state index contributed by atoms with van der Waals surface area (Å²) in [4.78, 5) is 18.4. The predicted octanol–water partition coefficient (Wildman–Crippen LogP) is 5.19. The van der Waals surface area contributed by atoms with Gasteiger partial charge in [0.05, 0.1) is 18.8 Å². The van der Waals surface area contributed by atoms with E-state index in [2.05, 4.69) is 58.7 Å². The molecule has 4 atom stereocenters. The van der Waals surface area contributed by atoms with Crippen LogP contribution in [0, 0.1) is 11.3 Å². The zero-order valence-corrected chi connectivity index (χ0v) is 20.1. The van der Waals surface area contributed by atoms with Gasteiger partial charge in [-0.05, 0) is 46.1 Å². The van der Waals surface area contributed by atoms with Crippen LogP contribution in [-0.4, -0.2) is 46.2 Å². The summed E-state index contributed by atoms with van der Waals surface area (Å²) in [5.41, 5.74) is -0.582. The highest BCUT2D eigenvalue weighted by atomic mass is 16.7. The van der Waals surface area contributed by atoms with Crippen molar-refractivity contribution < 1.29 is 24.2 Å². The third-order valence-corrected chi connectivity index (χ3v) is 7.97. The molecule has 6 heteroatoms. The minimum absolute atomic E-state index is 0.0223. The zero-order chi connectivity index (χ0) is 23.1. The summed E-state index contributed by atoms with van der Waals surface area (Å²) >= 11 is 0. The Bertz CT molecular complexity index is 775. The lowest BCUT2D eigenvalue weighted by Crippen LogP contribution is -2.74. The molecule has 2 fully saturated rings. The van der Waals surface area contributed by atoms with Crippen LogP contribution in [0.1, 0.15) is 79.4 Å². The summed E-state index contributed by atoms with van der Waals surface area (Å²) in [6.07, 6.45) is 2.21. The minimum atomic E-state index is -1.02. The highest BCUT2D eigenvalue weighted by Crippen LogP contribution is 2.54. The number of carbonyl (C=O) groups is 1. The van der Waals surface area contributed by atoms with E-state index in [9.17, 15) is 9.90 Å². The summed E-state index contributed by atoms with van der Waals surface area (Å²) in [5, 5.41) is 11.8. The van der Waals surface area contributed by atoms with Crippen molar-refractivity contribution in [1.82, 2.24) is 5.06 Å². The van der Waals surface area contributed by atoms with E-state index in [-0.39, 0.29) is 36.3 Å². The second-order valence-corrected chi connectivity index (χ2v) is 10.2. The number of hydroxylamine groups is 2. The van der Waals surface area contributed by atoms with E-state index in [0.717, 1.165) is 18.4 Å². The number of carboxylic acid groups (broad SMARTS) is 1. The Morgan fingerprint density at radius 3 is 2.23 bits per heavy atom. The minimum Gasteiger partial charge on any atom is -0.481 e. The van der Waals surface area contributed by atoms with Gasteiger partial charge in [-0.25, -0.2) is 0 Å². The lowest BCUT2D eigenvalue weighted by Gasteiger charge is -2.64. The van der Waals surface area contributed by atoms with Crippen molar-refractivity contribution in [2.24, 2.45) is 11.3 Å². The van der Waals surface area contributed by atoms with Crippen molar-refractivity contribution in [3.8, 4) is 0 Å². The third-order valence-electron chi connectivity index (χ3n) is 7.97. The number of piperidine rings is 1. The number of hydrogen-bond acceptors (Lipinski definition) is 5. The molecule has 2 aliphatic heterocycles. The fourth-order valence-corrected chi connectivity index (χ4v) is 5.05. The maximum absolute atomic E-state index is 11.7. The lowest BCUT2D eigenvalue weighted by atomic mass is 9.67. The summed E-state index contributed by atoms with van der Waals surface area (Å²) in [7, 11) is 0. The highest BCUT2D eigenvalue weighted by Gasteiger charge is 2.64. The summed E-state index contributed by atoms with van der Waals surface area (Å²) in [5.74, 6) is -1.74. The number of benzene rings is 1. The van der Waals surface area contributed by atoms with Crippen LogP contribution < -0.4 is 0 Å². The first-order valence-corrected chi connectivity index (χ1v) is 11.5. The first-order valence-electron chi connectivity index (χ1n) is 11.5. The van der Waals surface area contributed by atoms with Crippen molar-refractivity contribution in [1.29, 1.82) is 0 Å². The maximum Gasteiger partial charge on any atom is 0.314 e. The fraction of sp³-hybridized carbons (Fsp3) is 0.720. The molecule has 1 aromatic rings. The number of rotatable bonds is 6. The van der Waals surface area contributed by atoms with Crippen LogP contribution in [0.15, 0.2) is 30.3 Å². The molecule has 2 aliphatic rings. The van der Waals surface area contributed by atoms with Crippen LogP contribution in [0.5, 0.6) is 0 Å². The Hall–Kier alpha value is -1.47. The molecular weight excluding hydrogens is 394 g/mol. The van der Waals surface area contributed by atoms with Gasteiger partial charge in [-0.3, -0.25) is 9.63 Å². The van der Waals surface area contributed by atoms with E-state index in [1.807, 2.05) is 18.2 Å². The van der Waals surface area contributed by atoms with Crippen molar-refractivity contribution in [3.63, 3.8) is 0 Å². The lowest BCUT2D eigenvalue weighted by molar-refractivity contribution is -0.414. The smallest absolute Gasteiger partial charge is 0.314 e. The molecule has 4 unspecified atom stereocenters. The Labute approximate surface area is 186 Å². The van der Waals surface area contributed by atoms with E-state index in [1.165, 1.54) is 0 Å². The molecule has 2 saturated heterocycles. The SMILES string of the molecule is CCC1(C)CC2(OCC(C)(C(=O)O)CO2)C(C)C(C)(CC)N1OC(C)c1ccccc1. The summed E-state index contributed by atoms with van der Waals surface area (Å²) < 4.78 is 12.7. The summed E-state index contributed by atoms with van der Waals surface area (Å²) in [6, 6.07) is 10.3. The topological polar surface area (TPSA) is 68.2 Å². The Kier molecular flexibility index (Phi) is 6.61. The van der Waals surface area contributed by atoms with E-state index >= 15 is 0 Å². The molecular formula is C25H39NO5. The van der Waals surface area contributed by atoms with Gasteiger partial charge in [0.2, 0.25) is 0 Å². The number of carboxylic acids is 1. The van der Waals surface area contributed by atoms with Crippen LogP contribution in [0.2, 0.25) is 0 Å². The van der Waals surface area contributed by atoms with Gasteiger partial charge in [-0.2, -0.15) is 5.06 Å². The van der Waals surface area contributed by atoms with Gasteiger partial charge in [0.25, 0.3) is 0 Å². The molecule has 6 nitrogen and oxygen atoms in total. The number of ether oxygens (including phenoxy) is 2. The molecule has 0 amide bonds. The Balaban J connectivity index is 1.94. The van der Waals surface area contributed by atoms with E-state index in [0.29, 0.717) is 6.42 Å². The van der Waals surface area contributed by atoms with Crippen LogP contribution in [-0.2, 0) is 19.1 Å². The summed E-state index contributed by atoms with van der Waals surface area (Å²) in [6.45, 7) is 14.9. The molecule has 174 valence electrons. The average molecular weight is 434 g/mol. The Morgan fingerprint density at radius 1 is 1.16 bits per heavy atom. The van der Waals surface area contributed by atoms with Crippen molar-refractivity contribution in [2.45, 2.75) is 90.7 Å². The van der Waals surface area contributed by atoms with Gasteiger partial charge < -0.3 is 14.6 Å². The molecule has 0 aromatic heterocycles. The van der Waals surface area contributed by atoms with Gasteiger partial charge in [-0.15, -0.1) is 0 Å². The van der Waals surface area contributed by atoms with Crippen LogP contribution in [0.3, 0.4) is 0 Å². The van der Waals surface area contributed by atoms with E-state index < -0.39 is 17.2 Å². The second kappa shape index (κ2) is 8.47. The fourth-order valence-electron chi connectivity index (χ4n) is 5.05. The molecule has 1 spiro atoms. The first kappa shape index (κ1) is 24.2. The van der Waals surface area contributed by atoms with Gasteiger partial charge >= 0.3 is 5.97 Å². The normalized spacial score (nSPS) is 40.0. The highest BCUT2D eigenvalue weighted by molar-refractivity contribution is 5.74. The monoisotopic (exact) mass is 433 g/mol.